The van der Waals surface area contributed by atoms with E-state index in [0.29, 0.717) is 36.4 Å². The van der Waals surface area contributed by atoms with Crippen molar-refractivity contribution in [1.82, 2.24) is 9.97 Å². The van der Waals surface area contributed by atoms with E-state index in [-0.39, 0.29) is 5.91 Å². The molecule has 2 N–H and O–H groups in total. The van der Waals surface area contributed by atoms with Crippen LogP contribution >= 0.6 is 0 Å². The Hall–Kier alpha value is -2.47. The van der Waals surface area contributed by atoms with E-state index in [1.165, 1.54) is 0 Å². The summed E-state index contributed by atoms with van der Waals surface area (Å²) in [5, 5.41) is 6.07. The number of ether oxygens (including phenoxy) is 1. The number of methoxy groups -OCH3 is 1. The molecule has 0 spiro atoms. The van der Waals surface area contributed by atoms with Gasteiger partial charge in [-0.15, -0.1) is 0 Å². The molecule has 0 aliphatic heterocycles. The first-order valence-corrected chi connectivity index (χ1v) is 8.00. The first kappa shape index (κ1) is 17.9. The van der Waals surface area contributed by atoms with Crippen LogP contribution in [0.15, 0.2) is 30.3 Å². The third-order valence-corrected chi connectivity index (χ3v) is 3.51. The number of nitrogens with one attached hydrogen (secondary N) is 2. The molecule has 0 fully saturated rings. The molecule has 0 bridgehead atoms. The van der Waals surface area contributed by atoms with Gasteiger partial charge in [-0.05, 0) is 24.5 Å². The molecule has 0 saturated carbocycles. The van der Waals surface area contributed by atoms with Crippen molar-refractivity contribution >= 4 is 17.4 Å². The van der Waals surface area contributed by atoms with E-state index >= 15 is 0 Å². The lowest BCUT2D eigenvalue weighted by molar-refractivity contribution is 0.102. The Morgan fingerprint density at radius 2 is 2.00 bits per heavy atom. The monoisotopic (exact) mass is 328 g/mol. The molecule has 2 rings (SSSR count). The number of benzene rings is 1. The van der Waals surface area contributed by atoms with Gasteiger partial charge in [0.15, 0.2) is 0 Å². The number of nitrogens with zero attached hydrogens (tertiary/aromatic N) is 2. The Balaban J connectivity index is 2.18. The van der Waals surface area contributed by atoms with E-state index in [4.69, 9.17) is 4.74 Å². The summed E-state index contributed by atoms with van der Waals surface area (Å²) < 4.78 is 5.00. The van der Waals surface area contributed by atoms with E-state index in [1.54, 1.807) is 20.1 Å². The Kier molecular flexibility index (Phi) is 6.26. The fourth-order valence-corrected chi connectivity index (χ4v) is 2.36. The summed E-state index contributed by atoms with van der Waals surface area (Å²) in [5.41, 5.74) is 2.23. The van der Waals surface area contributed by atoms with Crippen LogP contribution in [0.25, 0.3) is 0 Å². The molecule has 0 aliphatic rings. The molecule has 1 heterocycles. The minimum Gasteiger partial charge on any atom is -0.383 e. The van der Waals surface area contributed by atoms with Crippen LogP contribution in [-0.4, -0.2) is 36.1 Å². The highest BCUT2D eigenvalue weighted by molar-refractivity contribution is 6.03. The van der Waals surface area contributed by atoms with Crippen molar-refractivity contribution in [3.05, 3.63) is 47.4 Å². The van der Waals surface area contributed by atoms with E-state index in [1.807, 2.05) is 24.3 Å². The van der Waals surface area contributed by atoms with E-state index in [2.05, 4.69) is 34.4 Å². The average molecular weight is 328 g/mol. The number of anilines is 2. The maximum atomic E-state index is 12.6. The summed E-state index contributed by atoms with van der Waals surface area (Å²) >= 11 is 0. The van der Waals surface area contributed by atoms with E-state index in [0.717, 1.165) is 11.3 Å². The minimum absolute atomic E-state index is 0.247. The van der Waals surface area contributed by atoms with Gasteiger partial charge in [-0.2, -0.15) is 0 Å². The number of carbonyl (C=O) groups is 1. The molecule has 0 aliphatic carbocycles. The summed E-state index contributed by atoms with van der Waals surface area (Å²) in [6.45, 7) is 7.13. The predicted molar refractivity (Wildman–Crippen MR) is 95.6 cm³/mol. The van der Waals surface area contributed by atoms with Gasteiger partial charge in [-0.1, -0.05) is 32.0 Å². The van der Waals surface area contributed by atoms with Gasteiger partial charge in [0.05, 0.1) is 6.61 Å². The Labute approximate surface area is 142 Å². The zero-order chi connectivity index (χ0) is 17.5. The Morgan fingerprint density at radius 3 is 2.71 bits per heavy atom. The molecule has 1 amide bonds. The van der Waals surface area contributed by atoms with Crippen molar-refractivity contribution < 1.29 is 9.53 Å². The predicted octanol–water partition coefficient (Wildman–Crippen LogP) is 3.22. The van der Waals surface area contributed by atoms with Crippen LogP contribution in [-0.2, 0) is 4.74 Å². The topological polar surface area (TPSA) is 76.1 Å². The Morgan fingerprint density at radius 1 is 1.25 bits per heavy atom. The summed E-state index contributed by atoms with van der Waals surface area (Å²) in [6, 6.07) is 9.44. The van der Waals surface area contributed by atoms with Crippen molar-refractivity contribution in [3.8, 4) is 0 Å². The second kappa shape index (κ2) is 8.40. The molecule has 0 saturated heterocycles. The van der Waals surface area contributed by atoms with Gasteiger partial charge in [0.2, 0.25) is 0 Å². The highest BCUT2D eigenvalue weighted by Crippen LogP contribution is 2.24. The third kappa shape index (κ3) is 4.76. The molecule has 2 aromatic rings. The lowest BCUT2D eigenvalue weighted by Gasteiger charge is -2.14. The fourth-order valence-electron chi connectivity index (χ4n) is 2.36. The number of rotatable bonds is 7. The van der Waals surface area contributed by atoms with Gasteiger partial charge in [-0.3, -0.25) is 4.79 Å². The largest absolute Gasteiger partial charge is 0.383 e. The van der Waals surface area contributed by atoms with Gasteiger partial charge in [0.1, 0.15) is 17.3 Å². The van der Waals surface area contributed by atoms with Crippen molar-refractivity contribution in [3.63, 3.8) is 0 Å². The van der Waals surface area contributed by atoms with Gasteiger partial charge in [-0.25, -0.2) is 9.97 Å². The smallest absolute Gasteiger partial charge is 0.274 e. The van der Waals surface area contributed by atoms with E-state index in [9.17, 15) is 4.79 Å². The molecule has 0 radical (unpaired) electrons. The lowest BCUT2D eigenvalue weighted by atomic mass is 10.0. The average Bonchev–Trinajstić information content (AvgIpc) is 2.55. The summed E-state index contributed by atoms with van der Waals surface area (Å²) in [4.78, 5) is 21.1. The van der Waals surface area contributed by atoms with Crippen LogP contribution in [0.1, 0.15) is 41.6 Å². The van der Waals surface area contributed by atoms with Crippen molar-refractivity contribution in [1.29, 1.82) is 0 Å². The van der Waals surface area contributed by atoms with Crippen molar-refractivity contribution in [2.24, 2.45) is 0 Å². The first-order chi connectivity index (χ1) is 11.5. The molecule has 24 heavy (non-hydrogen) atoms. The van der Waals surface area contributed by atoms with Crippen LogP contribution < -0.4 is 10.6 Å². The van der Waals surface area contributed by atoms with Crippen LogP contribution in [0.4, 0.5) is 11.5 Å². The summed E-state index contributed by atoms with van der Waals surface area (Å²) in [6.07, 6.45) is 0. The first-order valence-electron chi connectivity index (χ1n) is 8.00. The van der Waals surface area contributed by atoms with Crippen molar-refractivity contribution in [2.75, 3.05) is 30.9 Å². The van der Waals surface area contributed by atoms with Crippen LogP contribution in [0, 0.1) is 6.92 Å². The number of hydrogen-bond acceptors (Lipinski definition) is 5. The Bertz CT molecular complexity index is 701. The number of amides is 1. The second-order valence-electron chi connectivity index (χ2n) is 5.80. The number of aromatic nitrogens is 2. The van der Waals surface area contributed by atoms with Gasteiger partial charge in [0.25, 0.3) is 5.91 Å². The highest BCUT2D eigenvalue weighted by Gasteiger charge is 2.13. The van der Waals surface area contributed by atoms with E-state index < -0.39 is 0 Å². The fraction of sp³-hybridized carbons (Fsp3) is 0.389. The molecule has 0 unspecified atom stereocenters. The molecule has 0 atom stereocenters. The standard InChI is InChI=1S/C18H24N4O2/c1-12(2)14-7-5-6-8-15(14)22-18(23)16-11-17(19-9-10-24-4)21-13(3)20-16/h5-8,11-12H,9-10H2,1-4H3,(H,22,23)(H,19,20,21). The zero-order valence-electron chi connectivity index (χ0n) is 14.6. The zero-order valence-corrected chi connectivity index (χ0v) is 14.6. The quantitative estimate of drug-likeness (QED) is 0.763. The molecule has 1 aromatic heterocycles. The number of aryl methyl sites for hydroxylation is 1. The normalized spacial score (nSPS) is 10.7. The van der Waals surface area contributed by atoms with Crippen molar-refractivity contribution in [2.45, 2.75) is 26.7 Å². The molecule has 1 aromatic carbocycles. The molecule has 6 heteroatoms. The summed E-state index contributed by atoms with van der Waals surface area (Å²) in [5.74, 6) is 1.23. The number of para-hydroxylation sites is 1. The maximum Gasteiger partial charge on any atom is 0.274 e. The molecular formula is C18H24N4O2. The minimum atomic E-state index is -0.247. The molecular weight excluding hydrogens is 304 g/mol. The SMILES string of the molecule is COCCNc1cc(C(=O)Nc2ccccc2C(C)C)nc(C)n1. The van der Waals surface area contributed by atoms with Crippen LogP contribution in [0.2, 0.25) is 0 Å². The van der Waals surface area contributed by atoms with Crippen LogP contribution in [0.5, 0.6) is 0 Å². The molecule has 6 nitrogen and oxygen atoms in total. The van der Waals surface area contributed by atoms with Gasteiger partial charge in [0, 0.05) is 25.4 Å². The van der Waals surface area contributed by atoms with Gasteiger partial charge >= 0.3 is 0 Å². The number of hydrogen-bond donors (Lipinski definition) is 2. The third-order valence-electron chi connectivity index (χ3n) is 3.51. The summed E-state index contributed by atoms with van der Waals surface area (Å²) in [7, 11) is 1.64. The lowest BCUT2D eigenvalue weighted by Crippen LogP contribution is -2.17. The maximum absolute atomic E-state index is 12.6. The second-order valence-corrected chi connectivity index (χ2v) is 5.80. The molecule has 128 valence electrons. The van der Waals surface area contributed by atoms with Gasteiger partial charge < -0.3 is 15.4 Å². The van der Waals surface area contributed by atoms with Crippen LogP contribution in [0.3, 0.4) is 0 Å². The number of carbonyl (C=O) groups excluding carboxylic acids is 1. The highest BCUT2D eigenvalue weighted by atomic mass is 16.5.